The summed E-state index contributed by atoms with van der Waals surface area (Å²) < 4.78 is 4.99. The summed E-state index contributed by atoms with van der Waals surface area (Å²) in [6.07, 6.45) is 0. The Morgan fingerprint density at radius 2 is 2.33 bits per heavy atom. The van der Waals surface area contributed by atoms with Crippen molar-refractivity contribution in [2.24, 2.45) is 0 Å². The number of nitrogens with zero attached hydrogens (tertiary/aromatic N) is 1. The quantitative estimate of drug-likeness (QED) is 0.667. The van der Waals surface area contributed by atoms with E-state index in [9.17, 15) is 5.11 Å². The van der Waals surface area contributed by atoms with E-state index in [0.717, 1.165) is 5.52 Å². The number of aromatic nitrogens is 2. The van der Waals surface area contributed by atoms with Crippen molar-refractivity contribution in [3.8, 4) is 11.6 Å². The second-order valence-corrected chi connectivity index (χ2v) is 2.46. The summed E-state index contributed by atoms with van der Waals surface area (Å²) in [5.41, 5.74) is 0.799. The van der Waals surface area contributed by atoms with E-state index in [-0.39, 0.29) is 5.88 Å². The fourth-order valence-electron chi connectivity index (χ4n) is 1.11. The third-order valence-corrected chi connectivity index (χ3v) is 1.75. The second kappa shape index (κ2) is 2.41. The first kappa shape index (κ1) is 6.97. The molecule has 2 rings (SSSR count). The summed E-state index contributed by atoms with van der Waals surface area (Å²) >= 11 is 0. The van der Waals surface area contributed by atoms with Gasteiger partial charge in [0.2, 0.25) is 5.88 Å². The van der Waals surface area contributed by atoms with E-state index in [1.165, 1.54) is 0 Å². The zero-order valence-electron chi connectivity index (χ0n) is 6.53. The minimum absolute atomic E-state index is 0.00361. The first-order valence-corrected chi connectivity index (χ1v) is 3.52. The van der Waals surface area contributed by atoms with Gasteiger partial charge in [-0.05, 0) is 18.2 Å². The molecule has 0 aliphatic heterocycles. The van der Waals surface area contributed by atoms with Crippen LogP contribution in [-0.2, 0) is 0 Å². The summed E-state index contributed by atoms with van der Waals surface area (Å²) in [6.45, 7) is 0. The van der Waals surface area contributed by atoms with Crippen LogP contribution in [0.2, 0.25) is 0 Å². The zero-order chi connectivity index (χ0) is 8.55. The molecule has 1 heterocycles. The number of hydrogen-bond donors (Lipinski definition) is 2. The van der Waals surface area contributed by atoms with E-state index in [1.54, 1.807) is 25.3 Å². The summed E-state index contributed by atoms with van der Waals surface area (Å²) in [4.78, 5) is 0. The van der Waals surface area contributed by atoms with Gasteiger partial charge in [-0.1, -0.05) is 0 Å². The van der Waals surface area contributed by atoms with Crippen molar-refractivity contribution in [1.29, 1.82) is 0 Å². The molecule has 0 saturated carbocycles. The van der Waals surface area contributed by atoms with Crippen molar-refractivity contribution >= 4 is 10.9 Å². The molecule has 2 aromatic rings. The van der Waals surface area contributed by atoms with Crippen LogP contribution in [0.25, 0.3) is 10.9 Å². The minimum Gasteiger partial charge on any atom is -0.497 e. The number of rotatable bonds is 1. The van der Waals surface area contributed by atoms with Gasteiger partial charge in [0.25, 0.3) is 0 Å². The molecule has 0 saturated heterocycles. The topological polar surface area (TPSA) is 58.1 Å². The Hall–Kier alpha value is -1.71. The van der Waals surface area contributed by atoms with Gasteiger partial charge in [0.1, 0.15) is 5.75 Å². The number of fused-ring (bicyclic) bond motifs is 1. The van der Waals surface area contributed by atoms with Gasteiger partial charge >= 0.3 is 0 Å². The van der Waals surface area contributed by atoms with Gasteiger partial charge in [0.05, 0.1) is 18.0 Å². The Morgan fingerprint density at radius 3 is 3.08 bits per heavy atom. The zero-order valence-corrected chi connectivity index (χ0v) is 6.53. The van der Waals surface area contributed by atoms with Gasteiger partial charge < -0.3 is 9.84 Å². The Kier molecular flexibility index (Phi) is 1.40. The highest BCUT2D eigenvalue weighted by molar-refractivity contribution is 5.84. The molecule has 0 spiro atoms. The van der Waals surface area contributed by atoms with Crippen LogP contribution in [0.3, 0.4) is 0 Å². The number of methoxy groups -OCH3 is 1. The maximum atomic E-state index is 9.23. The molecule has 0 bridgehead atoms. The van der Waals surface area contributed by atoms with Gasteiger partial charge in [-0.25, -0.2) is 0 Å². The lowest BCUT2D eigenvalue weighted by molar-refractivity contribution is 0.415. The molecule has 0 atom stereocenters. The molecule has 1 aromatic carbocycles. The molecule has 4 heteroatoms. The van der Waals surface area contributed by atoms with Crippen molar-refractivity contribution < 1.29 is 9.84 Å². The highest BCUT2D eigenvalue weighted by atomic mass is 16.5. The van der Waals surface area contributed by atoms with E-state index in [2.05, 4.69) is 10.2 Å². The lowest BCUT2D eigenvalue weighted by Crippen LogP contribution is -1.80. The SMILES string of the molecule is COc1ccc2[nH]nc(O)c2c1. The Balaban J connectivity index is 2.71. The number of aromatic hydroxyl groups is 1. The summed E-state index contributed by atoms with van der Waals surface area (Å²) in [5, 5.41) is 16.2. The summed E-state index contributed by atoms with van der Waals surface area (Å²) in [7, 11) is 1.58. The number of nitrogens with one attached hydrogen (secondary N) is 1. The highest BCUT2D eigenvalue weighted by Crippen LogP contribution is 2.25. The lowest BCUT2D eigenvalue weighted by Gasteiger charge is -1.97. The summed E-state index contributed by atoms with van der Waals surface area (Å²) in [5.74, 6) is 0.711. The van der Waals surface area contributed by atoms with E-state index < -0.39 is 0 Å². The number of hydrogen-bond acceptors (Lipinski definition) is 3. The smallest absolute Gasteiger partial charge is 0.238 e. The predicted molar refractivity (Wildman–Crippen MR) is 44.3 cm³/mol. The molecule has 62 valence electrons. The van der Waals surface area contributed by atoms with Crippen LogP contribution in [0, 0.1) is 0 Å². The van der Waals surface area contributed by atoms with E-state index in [4.69, 9.17) is 4.74 Å². The number of aromatic amines is 1. The molecule has 1 aromatic heterocycles. The van der Waals surface area contributed by atoms with Crippen molar-refractivity contribution in [1.82, 2.24) is 10.2 Å². The molecule has 0 amide bonds. The normalized spacial score (nSPS) is 10.4. The monoisotopic (exact) mass is 164 g/mol. The van der Waals surface area contributed by atoms with Crippen molar-refractivity contribution in [2.45, 2.75) is 0 Å². The van der Waals surface area contributed by atoms with Crippen LogP contribution in [0.5, 0.6) is 11.6 Å². The average molecular weight is 164 g/mol. The van der Waals surface area contributed by atoms with Crippen molar-refractivity contribution in [3.05, 3.63) is 18.2 Å². The van der Waals surface area contributed by atoms with Crippen LogP contribution >= 0.6 is 0 Å². The molecule has 0 unspecified atom stereocenters. The molecule has 0 fully saturated rings. The van der Waals surface area contributed by atoms with Crippen LogP contribution in [0.1, 0.15) is 0 Å². The maximum absolute atomic E-state index is 9.23. The molecule has 0 aliphatic rings. The fraction of sp³-hybridized carbons (Fsp3) is 0.125. The van der Waals surface area contributed by atoms with Gasteiger partial charge in [0.15, 0.2) is 0 Å². The fourth-order valence-corrected chi connectivity index (χ4v) is 1.11. The number of H-pyrrole nitrogens is 1. The Bertz CT molecular complexity index is 408. The maximum Gasteiger partial charge on any atom is 0.238 e. The minimum atomic E-state index is 0.00361. The summed E-state index contributed by atoms with van der Waals surface area (Å²) in [6, 6.07) is 5.34. The number of benzene rings is 1. The third-order valence-electron chi connectivity index (χ3n) is 1.75. The van der Waals surface area contributed by atoms with Gasteiger partial charge in [-0.2, -0.15) is 0 Å². The Labute approximate surface area is 68.8 Å². The van der Waals surface area contributed by atoms with E-state index >= 15 is 0 Å². The van der Waals surface area contributed by atoms with E-state index in [1.807, 2.05) is 0 Å². The molecular formula is C8H8N2O2. The average Bonchev–Trinajstić information content (AvgIpc) is 2.47. The molecule has 0 aliphatic carbocycles. The van der Waals surface area contributed by atoms with Gasteiger partial charge in [-0.15, -0.1) is 5.10 Å². The highest BCUT2D eigenvalue weighted by Gasteiger charge is 2.03. The lowest BCUT2D eigenvalue weighted by atomic mass is 10.2. The second-order valence-electron chi connectivity index (χ2n) is 2.46. The van der Waals surface area contributed by atoms with Gasteiger partial charge in [0, 0.05) is 0 Å². The molecular weight excluding hydrogens is 156 g/mol. The van der Waals surface area contributed by atoms with Crippen LogP contribution in [0.4, 0.5) is 0 Å². The van der Waals surface area contributed by atoms with Gasteiger partial charge in [-0.3, -0.25) is 5.10 Å². The number of ether oxygens (including phenoxy) is 1. The molecule has 2 N–H and O–H groups in total. The van der Waals surface area contributed by atoms with Crippen molar-refractivity contribution in [3.63, 3.8) is 0 Å². The Morgan fingerprint density at radius 1 is 1.50 bits per heavy atom. The molecule has 0 radical (unpaired) electrons. The first-order chi connectivity index (χ1) is 5.81. The molecule has 12 heavy (non-hydrogen) atoms. The van der Waals surface area contributed by atoms with Crippen LogP contribution < -0.4 is 4.74 Å². The predicted octanol–water partition coefficient (Wildman–Crippen LogP) is 1.28. The third kappa shape index (κ3) is 0.887. The molecule has 4 nitrogen and oxygen atoms in total. The van der Waals surface area contributed by atoms with E-state index in [0.29, 0.717) is 11.1 Å². The van der Waals surface area contributed by atoms with Crippen LogP contribution in [-0.4, -0.2) is 22.4 Å². The standard InChI is InChI=1S/C8H8N2O2/c1-12-5-2-3-7-6(4-5)8(11)10-9-7/h2-4H,1H3,(H2,9,10,11). The first-order valence-electron chi connectivity index (χ1n) is 3.52. The largest absolute Gasteiger partial charge is 0.497 e. The van der Waals surface area contributed by atoms with Crippen LogP contribution in [0.15, 0.2) is 18.2 Å². The van der Waals surface area contributed by atoms with Crippen molar-refractivity contribution in [2.75, 3.05) is 7.11 Å².